The van der Waals surface area contributed by atoms with Crippen LogP contribution in [0.3, 0.4) is 0 Å². The van der Waals surface area contributed by atoms with Gasteiger partial charge in [0.25, 0.3) is 0 Å². The molecule has 1 aliphatic carbocycles. The largest absolute Gasteiger partial charge is 0.327 e. The van der Waals surface area contributed by atoms with Crippen LogP contribution < -0.4 is 5.73 Å². The summed E-state index contributed by atoms with van der Waals surface area (Å²) in [6.45, 7) is 4.73. The number of piperidine rings is 1. The lowest BCUT2D eigenvalue weighted by Gasteiger charge is -2.41. The topological polar surface area (TPSA) is 29.3 Å². The molecule has 2 fully saturated rings. The van der Waals surface area contributed by atoms with Crippen LogP contribution in [0.1, 0.15) is 37.5 Å². The first kappa shape index (κ1) is 13.6. The molecular weight excluding hydrogens is 252 g/mol. The molecule has 2 heterocycles. The van der Waals surface area contributed by atoms with Gasteiger partial charge in [0.15, 0.2) is 0 Å². The second-order valence-electron chi connectivity index (χ2n) is 6.41. The van der Waals surface area contributed by atoms with Gasteiger partial charge in [0.05, 0.1) is 0 Å². The minimum Gasteiger partial charge on any atom is -0.327 e. The molecule has 1 aliphatic heterocycles. The summed E-state index contributed by atoms with van der Waals surface area (Å²) in [5.41, 5.74) is 6.32. The number of thiophene rings is 1. The Labute approximate surface area is 121 Å². The van der Waals surface area contributed by atoms with Crippen molar-refractivity contribution >= 4 is 11.3 Å². The molecule has 1 saturated heterocycles. The van der Waals surface area contributed by atoms with Gasteiger partial charge >= 0.3 is 0 Å². The van der Waals surface area contributed by atoms with Gasteiger partial charge in [-0.15, -0.1) is 11.3 Å². The summed E-state index contributed by atoms with van der Waals surface area (Å²) < 4.78 is 0. The molecule has 2 N–H and O–H groups in total. The molecular formula is C16H26N2S. The standard InChI is InChI=1S/C16H26N2S/c1-2-16(13-5-6-13)18-10-12(8-14(17)11-18)9-15-4-3-7-19-15/h3-4,7,12-14,16H,2,5-6,8-11,17H2,1H3. The molecule has 1 aromatic heterocycles. The lowest BCUT2D eigenvalue weighted by molar-refractivity contribution is 0.0945. The van der Waals surface area contributed by atoms with Crippen molar-refractivity contribution in [3.8, 4) is 0 Å². The zero-order valence-electron chi connectivity index (χ0n) is 11.9. The first-order chi connectivity index (χ1) is 9.26. The molecule has 0 aromatic carbocycles. The van der Waals surface area contributed by atoms with Crippen LogP contribution in [0.15, 0.2) is 17.5 Å². The van der Waals surface area contributed by atoms with Crippen LogP contribution >= 0.6 is 11.3 Å². The van der Waals surface area contributed by atoms with Crippen LogP contribution in [-0.4, -0.2) is 30.1 Å². The third-order valence-electron chi connectivity index (χ3n) is 4.72. The number of hydrogen-bond donors (Lipinski definition) is 1. The van der Waals surface area contributed by atoms with Gasteiger partial charge in [0, 0.05) is 30.1 Å². The maximum Gasteiger partial charge on any atom is 0.0171 e. The molecule has 19 heavy (non-hydrogen) atoms. The predicted octanol–water partition coefficient (Wildman–Crippen LogP) is 3.13. The zero-order valence-corrected chi connectivity index (χ0v) is 12.7. The van der Waals surface area contributed by atoms with E-state index in [1.807, 2.05) is 11.3 Å². The van der Waals surface area contributed by atoms with Gasteiger partial charge in [0.1, 0.15) is 0 Å². The van der Waals surface area contributed by atoms with E-state index in [4.69, 9.17) is 5.73 Å². The fourth-order valence-electron chi connectivity index (χ4n) is 3.79. The first-order valence-electron chi connectivity index (χ1n) is 7.78. The zero-order chi connectivity index (χ0) is 13.2. The molecule has 106 valence electrons. The fraction of sp³-hybridized carbons (Fsp3) is 0.750. The van der Waals surface area contributed by atoms with Crippen LogP contribution in [0.25, 0.3) is 0 Å². The van der Waals surface area contributed by atoms with Crippen LogP contribution in [0.4, 0.5) is 0 Å². The number of rotatable bonds is 5. The maximum atomic E-state index is 6.32. The highest BCUT2D eigenvalue weighted by atomic mass is 32.1. The summed E-state index contributed by atoms with van der Waals surface area (Å²) in [5.74, 6) is 1.73. The Balaban J connectivity index is 1.62. The number of likely N-dealkylation sites (tertiary alicyclic amines) is 1. The van der Waals surface area contributed by atoms with Crippen molar-refractivity contribution < 1.29 is 0 Å². The average molecular weight is 278 g/mol. The number of nitrogens with two attached hydrogens (primary N) is 1. The molecule has 3 unspecified atom stereocenters. The molecule has 3 rings (SSSR count). The Morgan fingerprint density at radius 3 is 2.89 bits per heavy atom. The summed E-state index contributed by atoms with van der Waals surface area (Å²) in [4.78, 5) is 4.24. The van der Waals surface area contributed by atoms with Gasteiger partial charge < -0.3 is 5.73 Å². The second-order valence-corrected chi connectivity index (χ2v) is 7.44. The van der Waals surface area contributed by atoms with E-state index >= 15 is 0 Å². The lowest BCUT2D eigenvalue weighted by Crippen LogP contribution is -2.52. The second kappa shape index (κ2) is 5.94. The van der Waals surface area contributed by atoms with Gasteiger partial charge in [-0.3, -0.25) is 4.90 Å². The van der Waals surface area contributed by atoms with Gasteiger partial charge in [-0.2, -0.15) is 0 Å². The average Bonchev–Trinajstić information content (AvgIpc) is 3.07. The van der Waals surface area contributed by atoms with E-state index in [1.54, 1.807) is 0 Å². The molecule has 0 bridgehead atoms. The summed E-state index contributed by atoms with van der Waals surface area (Å²) >= 11 is 1.89. The summed E-state index contributed by atoms with van der Waals surface area (Å²) in [6, 6.07) is 5.62. The molecule has 0 amide bonds. The summed E-state index contributed by atoms with van der Waals surface area (Å²) in [5, 5.41) is 2.19. The molecule has 3 heteroatoms. The Morgan fingerprint density at radius 1 is 1.42 bits per heavy atom. The summed E-state index contributed by atoms with van der Waals surface area (Å²) in [7, 11) is 0. The van der Waals surface area contributed by atoms with Crippen molar-refractivity contribution in [2.24, 2.45) is 17.6 Å². The van der Waals surface area contributed by atoms with E-state index in [2.05, 4.69) is 29.3 Å². The normalized spacial score (nSPS) is 30.4. The molecule has 2 nitrogen and oxygen atoms in total. The van der Waals surface area contributed by atoms with Gasteiger partial charge in [-0.25, -0.2) is 0 Å². The van der Waals surface area contributed by atoms with Gasteiger partial charge in [-0.05, 0) is 55.4 Å². The summed E-state index contributed by atoms with van der Waals surface area (Å²) in [6.07, 6.45) is 6.61. The predicted molar refractivity (Wildman–Crippen MR) is 82.5 cm³/mol. The van der Waals surface area contributed by atoms with E-state index in [0.29, 0.717) is 6.04 Å². The minimum absolute atomic E-state index is 0.381. The highest BCUT2D eigenvalue weighted by Gasteiger charge is 2.37. The van der Waals surface area contributed by atoms with Crippen LogP contribution in [-0.2, 0) is 6.42 Å². The highest BCUT2D eigenvalue weighted by Crippen LogP contribution is 2.38. The SMILES string of the molecule is CCC(C1CC1)N1CC(N)CC(Cc2cccs2)C1. The van der Waals surface area contributed by atoms with Gasteiger partial charge in [0.2, 0.25) is 0 Å². The monoisotopic (exact) mass is 278 g/mol. The van der Waals surface area contributed by atoms with Crippen LogP contribution in [0.2, 0.25) is 0 Å². The molecule has 1 aromatic rings. The van der Waals surface area contributed by atoms with Gasteiger partial charge in [-0.1, -0.05) is 13.0 Å². The number of hydrogen-bond acceptors (Lipinski definition) is 3. The van der Waals surface area contributed by atoms with E-state index in [0.717, 1.165) is 24.4 Å². The highest BCUT2D eigenvalue weighted by molar-refractivity contribution is 7.09. The lowest BCUT2D eigenvalue weighted by atomic mass is 9.89. The van der Waals surface area contributed by atoms with Crippen molar-refractivity contribution in [1.29, 1.82) is 0 Å². The molecule has 0 spiro atoms. The quantitative estimate of drug-likeness (QED) is 0.896. The Hall–Kier alpha value is -0.380. The Bertz CT molecular complexity index is 385. The molecule has 0 radical (unpaired) electrons. The third-order valence-corrected chi connectivity index (χ3v) is 5.62. The van der Waals surface area contributed by atoms with Crippen LogP contribution in [0, 0.1) is 11.8 Å². The van der Waals surface area contributed by atoms with Crippen LogP contribution in [0.5, 0.6) is 0 Å². The molecule has 2 aliphatic rings. The Kier molecular flexibility index (Phi) is 4.25. The Morgan fingerprint density at radius 2 is 2.26 bits per heavy atom. The number of nitrogens with zero attached hydrogens (tertiary/aromatic N) is 1. The molecule has 1 saturated carbocycles. The molecule has 3 atom stereocenters. The van der Waals surface area contributed by atoms with E-state index in [9.17, 15) is 0 Å². The first-order valence-corrected chi connectivity index (χ1v) is 8.66. The minimum atomic E-state index is 0.381. The fourth-order valence-corrected chi connectivity index (χ4v) is 4.61. The van der Waals surface area contributed by atoms with E-state index in [1.165, 1.54) is 43.5 Å². The third kappa shape index (κ3) is 3.39. The maximum absolute atomic E-state index is 6.32. The van der Waals surface area contributed by atoms with Crippen molar-refractivity contribution in [2.75, 3.05) is 13.1 Å². The van der Waals surface area contributed by atoms with Crippen molar-refractivity contribution in [2.45, 2.75) is 51.1 Å². The smallest absolute Gasteiger partial charge is 0.0171 e. The van der Waals surface area contributed by atoms with Crippen molar-refractivity contribution in [3.63, 3.8) is 0 Å². The van der Waals surface area contributed by atoms with E-state index in [-0.39, 0.29) is 0 Å². The van der Waals surface area contributed by atoms with Crippen molar-refractivity contribution in [1.82, 2.24) is 4.90 Å². The van der Waals surface area contributed by atoms with Crippen molar-refractivity contribution in [3.05, 3.63) is 22.4 Å². The van der Waals surface area contributed by atoms with E-state index < -0.39 is 0 Å².